The average Bonchev–Trinajstić information content (AvgIpc) is 2.45. The molecule has 1 aromatic carbocycles. The van der Waals surface area contributed by atoms with Crippen LogP contribution in [-0.2, 0) is 16.0 Å². The lowest BCUT2D eigenvalue weighted by Gasteiger charge is -2.27. The number of rotatable bonds is 5. The van der Waals surface area contributed by atoms with Crippen LogP contribution in [0.2, 0.25) is 0 Å². The SMILES string of the molecule is CC(C)CC(NC(=O)C1CNc2ccccc2C1)C(=O)O. The molecule has 1 amide bonds. The molecule has 0 aromatic heterocycles. The second kappa shape index (κ2) is 6.61. The van der Waals surface area contributed by atoms with Gasteiger partial charge in [-0.15, -0.1) is 0 Å². The molecular formula is C16H22N2O3. The third-order valence-electron chi connectivity index (χ3n) is 3.72. The molecule has 1 aromatic rings. The topological polar surface area (TPSA) is 78.4 Å². The summed E-state index contributed by atoms with van der Waals surface area (Å²) in [5.41, 5.74) is 2.15. The van der Waals surface area contributed by atoms with Crippen LogP contribution in [0.5, 0.6) is 0 Å². The number of carbonyl (C=O) groups excluding carboxylic acids is 1. The number of anilines is 1. The van der Waals surface area contributed by atoms with Gasteiger partial charge >= 0.3 is 5.97 Å². The first-order valence-electron chi connectivity index (χ1n) is 7.32. The second-order valence-electron chi connectivity index (χ2n) is 5.97. The van der Waals surface area contributed by atoms with Gasteiger partial charge in [0.2, 0.25) is 5.91 Å². The van der Waals surface area contributed by atoms with Crippen molar-refractivity contribution in [3.05, 3.63) is 29.8 Å². The number of hydrogen-bond donors (Lipinski definition) is 3. The first-order valence-corrected chi connectivity index (χ1v) is 7.32. The van der Waals surface area contributed by atoms with E-state index in [1.54, 1.807) is 0 Å². The number of amides is 1. The quantitative estimate of drug-likeness (QED) is 0.774. The van der Waals surface area contributed by atoms with Gasteiger partial charge in [-0.1, -0.05) is 32.0 Å². The van der Waals surface area contributed by atoms with E-state index in [0.717, 1.165) is 11.3 Å². The zero-order valence-corrected chi connectivity index (χ0v) is 12.4. The van der Waals surface area contributed by atoms with Gasteiger partial charge in [-0.3, -0.25) is 4.79 Å². The summed E-state index contributed by atoms with van der Waals surface area (Å²) < 4.78 is 0. The van der Waals surface area contributed by atoms with E-state index in [1.165, 1.54) is 0 Å². The Hall–Kier alpha value is -2.04. The average molecular weight is 290 g/mol. The van der Waals surface area contributed by atoms with Crippen LogP contribution < -0.4 is 10.6 Å². The minimum absolute atomic E-state index is 0.190. The van der Waals surface area contributed by atoms with Gasteiger partial charge in [0.15, 0.2) is 0 Å². The Labute approximate surface area is 124 Å². The molecule has 2 atom stereocenters. The third kappa shape index (κ3) is 3.97. The summed E-state index contributed by atoms with van der Waals surface area (Å²) in [6.07, 6.45) is 1.08. The highest BCUT2D eigenvalue weighted by molar-refractivity contribution is 5.86. The van der Waals surface area contributed by atoms with Gasteiger partial charge in [-0.2, -0.15) is 0 Å². The van der Waals surface area contributed by atoms with E-state index >= 15 is 0 Å². The standard InChI is InChI=1S/C16H22N2O3/c1-10(2)7-14(16(20)21)18-15(19)12-8-11-5-3-4-6-13(11)17-9-12/h3-6,10,12,14,17H,7-9H2,1-2H3,(H,18,19)(H,20,21). The van der Waals surface area contributed by atoms with Crippen molar-refractivity contribution >= 4 is 17.6 Å². The first kappa shape index (κ1) is 15.4. The molecule has 0 aliphatic carbocycles. The van der Waals surface area contributed by atoms with Crippen molar-refractivity contribution in [2.75, 3.05) is 11.9 Å². The Bertz CT molecular complexity index is 528. The summed E-state index contributed by atoms with van der Waals surface area (Å²) in [5, 5.41) is 15.1. The summed E-state index contributed by atoms with van der Waals surface area (Å²) >= 11 is 0. The highest BCUT2D eigenvalue weighted by atomic mass is 16.4. The molecular weight excluding hydrogens is 268 g/mol. The van der Waals surface area contributed by atoms with Crippen LogP contribution >= 0.6 is 0 Å². The molecule has 1 aliphatic heterocycles. The van der Waals surface area contributed by atoms with Crippen LogP contribution in [0.15, 0.2) is 24.3 Å². The number of carbonyl (C=O) groups is 2. The number of benzene rings is 1. The first-order chi connectivity index (χ1) is 9.97. The van der Waals surface area contributed by atoms with Gasteiger partial charge in [0, 0.05) is 12.2 Å². The maximum Gasteiger partial charge on any atom is 0.326 e. The third-order valence-corrected chi connectivity index (χ3v) is 3.72. The lowest BCUT2D eigenvalue weighted by molar-refractivity contribution is -0.142. The summed E-state index contributed by atoms with van der Waals surface area (Å²) in [4.78, 5) is 23.5. The lowest BCUT2D eigenvalue weighted by atomic mass is 9.92. The molecule has 2 rings (SSSR count). The van der Waals surface area contributed by atoms with Crippen molar-refractivity contribution in [2.24, 2.45) is 11.8 Å². The zero-order chi connectivity index (χ0) is 15.4. The Balaban J connectivity index is 1.99. The highest BCUT2D eigenvalue weighted by Crippen LogP contribution is 2.24. The molecule has 0 spiro atoms. The molecule has 2 unspecified atom stereocenters. The number of aliphatic carboxylic acids is 1. The van der Waals surface area contributed by atoms with E-state index < -0.39 is 12.0 Å². The highest BCUT2D eigenvalue weighted by Gasteiger charge is 2.28. The largest absolute Gasteiger partial charge is 0.480 e. The molecule has 1 aliphatic rings. The second-order valence-corrected chi connectivity index (χ2v) is 5.97. The fourth-order valence-electron chi connectivity index (χ4n) is 2.61. The van der Waals surface area contributed by atoms with Crippen LogP contribution in [0.1, 0.15) is 25.8 Å². The summed E-state index contributed by atoms with van der Waals surface area (Å²) in [6.45, 7) is 4.43. The van der Waals surface area contributed by atoms with Crippen LogP contribution in [0.4, 0.5) is 5.69 Å². The predicted octanol–water partition coefficient (Wildman–Crippen LogP) is 1.89. The Kier molecular flexibility index (Phi) is 4.83. The monoisotopic (exact) mass is 290 g/mol. The number of carboxylic acid groups (broad SMARTS) is 1. The smallest absolute Gasteiger partial charge is 0.326 e. The molecule has 0 bridgehead atoms. The molecule has 5 heteroatoms. The van der Waals surface area contributed by atoms with E-state index in [1.807, 2.05) is 38.1 Å². The number of para-hydroxylation sites is 1. The van der Waals surface area contributed by atoms with E-state index in [2.05, 4.69) is 10.6 Å². The summed E-state index contributed by atoms with van der Waals surface area (Å²) in [7, 11) is 0. The van der Waals surface area contributed by atoms with Crippen molar-refractivity contribution in [3.63, 3.8) is 0 Å². The van der Waals surface area contributed by atoms with Crippen molar-refractivity contribution in [1.29, 1.82) is 0 Å². The van der Waals surface area contributed by atoms with Crippen molar-refractivity contribution in [3.8, 4) is 0 Å². The molecule has 114 valence electrons. The minimum atomic E-state index is -0.971. The number of nitrogens with one attached hydrogen (secondary N) is 2. The molecule has 0 saturated carbocycles. The molecule has 1 heterocycles. The fraction of sp³-hybridized carbons (Fsp3) is 0.500. The Morgan fingerprint density at radius 3 is 2.76 bits per heavy atom. The molecule has 21 heavy (non-hydrogen) atoms. The van der Waals surface area contributed by atoms with Crippen LogP contribution in [0.3, 0.4) is 0 Å². The predicted molar refractivity (Wildman–Crippen MR) is 81.1 cm³/mol. The van der Waals surface area contributed by atoms with Crippen LogP contribution in [-0.4, -0.2) is 29.6 Å². The van der Waals surface area contributed by atoms with Gasteiger partial charge in [-0.05, 0) is 30.4 Å². The summed E-state index contributed by atoms with van der Waals surface area (Å²) in [6, 6.07) is 7.07. The van der Waals surface area contributed by atoms with Gasteiger partial charge in [0.05, 0.1) is 5.92 Å². The van der Waals surface area contributed by atoms with Gasteiger partial charge in [-0.25, -0.2) is 4.79 Å². The zero-order valence-electron chi connectivity index (χ0n) is 12.4. The van der Waals surface area contributed by atoms with Crippen molar-refractivity contribution < 1.29 is 14.7 Å². The number of fused-ring (bicyclic) bond motifs is 1. The number of hydrogen-bond acceptors (Lipinski definition) is 3. The summed E-state index contributed by atoms with van der Waals surface area (Å²) in [5.74, 6) is -1.17. The maximum absolute atomic E-state index is 12.3. The van der Waals surface area contributed by atoms with Crippen molar-refractivity contribution in [2.45, 2.75) is 32.7 Å². The van der Waals surface area contributed by atoms with Crippen LogP contribution in [0, 0.1) is 11.8 Å². The number of carboxylic acids is 1. The van der Waals surface area contributed by atoms with E-state index in [9.17, 15) is 14.7 Å². The minimum Gasteiger partial charge on any atom is -0.480 e. The van der Waals surface area contributed by atoms with E-state index in [4.69, 9.17) is 0 Å². The van der Waals surface area contributed by atoms with Crippen LogP contribution in [0.25, 0.3) is 0 Å². The van der Waals surface area contributed by atoms with Crippen molar-refractivity contribution in [1.82, 2.24) is 5.32 Å². The van der Waals surface area contributed by atoms with Gasteiger partial charge in [0.1, 0.15) is 6.04 Å². The fourth-order valence-corrected chi connectivity index (χ4v) is 2.61. The molecule has 0 fully saturated rings. The van der Waals surface area contributed by atoms with Gasteiger partial charge < -0.3 is 15.7 Å². The van der Waals surface area contributed by atoms with Gasteiger partial charge in [0.25, 0.3) is 0 Å². The Morgan fingerprint density at radius 2 is 2.10 bits per heavy atom. The maximum atomic E-state index is 12.3. The molecule has 5 nitrogen and oxygen atoms in total. The molecule has 0 saturated heterocycles. The lowest BCUT2D eigenvalue weighted by Crippen LogP contribution is -2.47. The normalized spacial score (nSPS) is 18.5. The van der Waals surface area contributed by atoms with E-state index in [-0.39, 0.29) is 17.7 Å². The Morgan fingerprint density at radius 1 is 1.38 bits per heavy atom. The van der Waals surface area contributed by atoms with E-state index in [0.29, 0.717) is 19.4 Å². The molecule has 0 radical (unpaired) electrons. The molecule has 3 N–H and O–H groups in total.